The molecule has 1 aromatic rings. The van der Waals surface area contributed by atoms with Crippen LogP contribution in [-0.4, -0.2) is 113 Å². The molecule has 39 heavy (non-hydrogen) atoms. The van der Waals surface area contributed by atoms with Crippen LogP contribution in [0.4, 0.5) is 0 Å². The van der Waals surface area contributed by atoms with Crippen LogP contribution in [-0.2, 0) is 19.0 Å². The number of thioether (sulfide) groups is 1. The van der Waals surface area contributed by atoms with Crippen molar-refractivity contribution >= 4 is 35.2 Å². The summed E-state index contributed by atoms with van der Waals surface area (Å²) in [5, 5.41) is 35.6. The Labute approximate surface area is 239 Å². The molecule has 2 heterocycles. The number of rotatable bonds is 12. The fraction of sp³-hybridized carbons (Fsp3) is 0.704. The van der Waals surface area contributed by atoms with E-state index in [-0.39, 0.29) is 24.3 Å². The van der Waals surface area contributed by atoms with Crippen LogP contribution in [0.25, 0.3) is 0 Å². The quantitative estimate of drug-likeness (QED) is 0.211. The lowest BCUT2D eigenvalue weighted by Gasteiger charge is -2.44. The van der Waals surface area contributed by atoms with Gasteiger partial charge in [-0.1, -0.05) is 24.9 Å². The predicted molar refractivity (Wildman–Crippen MR) is 149 cm³/mol. The minimum atomic E-state index is -1.51. The van der Waals surface area contributed by atoms with Crippen molar-refractivity contribution in [3.05, 3.63) is 34.9 Å². The molecule has 0 unspecified atom stereocenters. The van der Waals surface area contributed by atoms with Gasteiger partial charge < -0.3 is 34.8 Å². The molecule has 2 aliphatic heterocycles. The Bertz CT molecular complexity index is 941. The van der Waals surface area contributed by atoms with Gasteiger partial charge in [-0.15, -0.1) is 11.8 Å². The van der Waals surface area contributed by atoms with Gasteiger partial charge in [0.25, 0.3) is 0 Å². The van der Waals surface area contributed by atoms with Gasteiger partial charge in [-0.2, -0.15) is 0 Å². The zero-order chi connectivity index (χ0) is 28.7. The minimum absolute atomic E-state index is 0.0314. The molecule has 10 nitrogen and oxygen atoms in total. The third-order valence-corrected chi connectivity index (χ3v) is 8.83. The number of carbonyl (C=O) groups excluding carboxylic acids is 2. The molecule has 9 atom stereocenters. The summed E-state index contributed by atoms with van der Waals surface area (Å²) in [6, 6.07) is 5.21. The van der Waals surface area contributed by atoms with Crippen molar-refractivity contribution in [3.63, 3.8) is 0 Å². The summed E-state index contributed by atoms with van der Waals surface area (Å²) in [6.45, 7) is 4.74. The van der Waals surface area contributed by atoms with E-state index in [0.717, 1.165) is 37.6 Å². The number of nitrogens with zero attached hydrogens (tertiary/aromatic N) is 1. The highest BCUT2D eigenvalue weighted by Gasteiger charge is 2.49. The van der Waals surface area contributed by atoms with Gasteiger partial charge >= 0.3 is 5.97 Å². The van der Waals surface area contributed by atoms with Crippen molar-refractivity contribution in [1.82, 2.24) is 10.2 Å². The molecule has 0 aliphatic carbocycles. The summed E-state index contributed by atoms with van der Waals surface area (Å²) in [5.41, 5.74) is -0.577. The number of likely N-dealkylation sites (N-methyl/N-ethyl adjacent to an activating group) is 1. The number of ether oxygens (including phenoxy) is 3. The van der Waals surface area contributed by atoms with E-state index in [2.05, 4.69) is 12.2 Å². The average Bonchev–Trinajstić information content (AvgIpc) is 3.29. The molecule has 0 radical (unpaired) electrons. The number of hydrogen-bond acceptors (Lipinski definition) is 10. The Hall–Kier alpha value is -1.44. The molecule has 0 spiro atoms. The molecule has 3 rings (SSSR count). The van der Waals surface area contributed by atoms with E-state index in [1.807, 2.05) is 11.9 Å². The molecule has 2 aliphatic rings. The molecular weight excluding hydrogens is 548 g/mol. The van der Waals surface area contributed by atoms with Crippen LogP contribution in [0.15, 0.2) is 24.3 Å². The summed E-state index contributed by atoms with van der Waals surface area (Å²) in [7, 11) is 3.41. The first kappa shape index (κ1) is 32.1. The molecule has 1 amide bonds. The van der Waals surface area contributed by atoms with Crippen LogP contribution in [0.5, 0.6) is 0 Å². The molecule has 0 saturated carbocycles. The minimum Gasteiger partial charge on any atom is -0.461 e. The smallest absolute Gasteiger partial charge is 0.338 e. The van der Waals surface area contributed by atoms with Gasteiger partial charge in [0.15, 0.2) is 0 Å². The summed E-state index contributed by atoms with van der Waals surface area (Å²) >= 11 is 6.99. The number of halogens is 1. The van der Waals surface area contributed by atoms with E-state index < -0.39 is 48.0 Å². The van der Waals surface area contributed by atoms with Gasteiger partial charge in [0, 0.05) is 24.4 Å². The standard InChI is InChI=1S/C27H41ClN2O8S/c1-5-6-16-13-19(30(3)14-16)25(34)29-20(15(2)36-4)24-22(32)21(31)23(33)27(38-24)39-12-11-37-26(35)17-7-9-18(28)10-8-17/h7-10,15-16,19-24,27,31-33H,5-6,11-14H2,1-4H3,(H,29,34)/t15-,16-,19+,20-,21+,22-,23-,24-,27-/m1/s1. The number of aliphatic hydroxyl groups is 3. The second-order valence-electron chi connectivity index (χ2n) is 10.3. The maximum atomic E-state index is 13.3. The highest BCUT2D eigenvalue weighted by molar-refractivity contribution is 7.99. The first-order chi connectivity index (χ1) is 18.6. The van der Waals surface area contributed by atoms with Gasteiger partial charge in [-0.05, 0) is 57.0 Å². The lowest BCUT2D eigenvalue weighted by Crippen LogP contribution is -2.66. The van der Waals surface area contributed by atoms with E-state index in [1.165, 1.54) is 7.11 Å². The number of hydrogen-bond donors (Lipinski definition) is 4. The highest BCUT2D eigenvalue weighted by Crippen LogP contribution is 2.32. The van der Waals surface area contributed by atoms with Crippen LogP contribution in [0.3, 0.4) is 0 Å². The lowest BCUT2D eigenvalue weighted by molar-refractivity contribution is -0.212. The Kier molecular flexibility index (Phi) is 12.3. The number of esters is 1. The van der Waals surface area contributed by atoms with E-state index >= 15 is 0 Å². The first-order valence-electron chi connectivity index (χ1n) is 13.3. The fourth-order valence-corrected chi connectivity index (χ4v) is 6.28. The molecule has 2 saturated heterocycles. The predicted octanol–water partition coefficient (Wildman–Crippen LogP) is 1.68. The molecule has 12 heteroatoms. The van der Waals surface area contributed by atoms with Gasteiger partial charge in [0.1, 0.15) is 36.5 Å². The second-order valence-corrected chi connectivity index (χ2v) is 11.9. The Balaban J connectivity index is 1.62. The molecule has 0 bridgehead atoms. The first-order valence-corrected chi connectivity index (χ1v) is 14.8. The van der Waals surface area contributed by atoms with Crippen molar-refractivity contribution in [1.29, 1.82) is 0 Å². The van der Waals surface area contributed by atoms with Crippen LogP contribution in [0.2, 0.25) is 5.02 Å². The second kappa shape index (κ2) is 15.0. The normalized spacial score (nSPS) is 31.0. The topological polar surface area (TPSA) is 138 Å². The zero-order valence-electron chi connectivity index (χ0n) is 22.9. The van der Waals surface area contributed by atoms with Crippen molar-refractivity contribution in [2.45, 2.75) is 81.1 Å². The summed E-state index contributed by atoms with van der Waals surface area (Å²) in [6.07, 6.45) is -3.12. The van der Waals surface area contributed by atoms with Crippen LogP contribution in [0.1, 0.15) is 43.5 Å². The molecule has 4 N–H and O–H groups in total. The third kappa shape index (κ3) is 8.29. The van der Waals surface area contributed by atoms with E-state index in [4.69, 9.17) is 25.8 Å². The zero-order valence-corrected chi connectivity index (χ0v) is 24.4. The Morgan fingerprint density at radius 3 is 2.54 bits per heavy atom. The number of methoxy groups -OCH3 is 1. The molecular formula is C27H41ClN2O8S. The maximum absolute atomic E-state index is 13.3. The average molecular weight is 589 g/mol. The third-order valence-electron chi connectivity index (χ3n) is 7.46. The number of nitrogens with one attached hydrogen (secondary N) is 1. The van der Waals surface area contributed by atoms with Crippen molar-refractivity contribution in [2.75, 3.05) is 33.1 Å². The summed E-state index contributed by atoms with van der Waals surface area (Å²) in [4.78, 5) is 27.6. The summed E-state index contributed by atoms with van der Waals surface area (Å²) in [5.74, 6) is -0.00335. The number of carbonyl (C=O) groups is 2. The van der Waals surface area contributed by atoms with Crippen molar-refractivity contribution in [3.8, 4) is 0 Å². The molecule has 0 aromatic heterocycles. The van der Waals surface area contributed by atoms with Gasteiger partial charge in [-0.3, -0.25) is 9.69 Å². The fourth-order valence-electron chi connectivity index (χ4n) is 5.18. The number of benzene rings is 1. The van der Waals surface area contributed by atoms with Crippen LogP contribution in [0, 0.1) is 5.92 Å². The van der Waals surface area contributed by atoms with E-state index in [9.17, 15) is 24.9 Å². The highest BCUT2D eigenvalue weighted by atomic mass is 35.5. The Morgan fingerprint density at radius 1 is 1.21 bits per heavy atom. The largest absolute Gasteiger partial charge is 0.461 e. The monoisotopic (exact) mass is 588 g/mol. The number of likely N-dealkylation sites (tertiary alicyclic amines) is 1. The van der Waals surface area contributed by atoms with Crippen molar-refractivity contribution < 1.29 is 39.1 Å². The SMILES string of the molecule is CCC[C@@H]1C[C@@H](C(=O)N[C@@H]([C@H]2O[C@H](SCCOC(=O)c3ccc(Cl)cc3)[C@H](O)[C@@H](O)[C@H]2O)[C@@H](C)OC)N(C)C1. The van der Waals surface area contributed by atoms with E-state index in [0.29, 0.717) is 16.5 Å². The van der Waals surface area contributed by atoms with Crippen LogP contribution < -0.4 is 5.32 Å². The number of aliphatic hydroxyl groups excluding tert-OH is 3. The van der Waals surface area contributed by atoms with Gasteiger partial charge in [-0.25, -0.2) is 4.79 Å². The lowest BCUT2D eigenvalue weighted by atomic mass is 9.91. The molecule has 2 fully saturated rings. The van der Waals surface area contributed by atoms with Crippen molar-refractivity contribution in [2.24, 2.45) is 5.92 Å². The van der Waals surface area contributed by atoms with E-state index in [1.54, 1.807) is 31.2 Å². The van der Waals surface area contributed by atoms with Gasteiger partial charge in [0.05, 0.1) is 23.8 Å². The molecule has 220 valence electrons. The summed E-state index contributed by atoms with van der Waals surface area (Å²) < 4.78 is 16.8. The maximum Gasteiger partial charge on any atom is 0.338 e. The van der Waals surface area contributed by atoms with Gasteiger partial charge in [0.2, 0.25) is 5.91 Å². The Morgan fingerprint density at radius 2 is 1.90 bits per heavy atom. The number of amides is 1. The molecule has 1 aromatic carbocycles. The van der Waals surface area contributed by atoms with Crippen LogP contribution >= 0.6 is 23.4 Å².